The normalized spacial score (nSPS) is 10.1. The smallest absolute Gasteiger partial charge is 0.355 e. The summed E-state index contributed by atoms with van der Waals surface area (Å²) in [6, 6.07) is 12.4. The number of nitrogens with zero attached hydrogens (tertiary/aromatic N) is 3. The fourth-order valence-electron chi connectivity index (χ4n) is 2.71. The van der Waals surface area contributed by atoms with Crippen molar-refractivity contribution in [1.82, 2.24) is 15.4 Å². The van der Waals surface area contributed by atoms with Crippen LogP contribution < -0.4 is 20.9 Å². The first-order chi connectivity index (χ1) is 15.9. The number of hydrogen-bond acceptors (Lipinski definition) is 10. The second kappa shape index (κ2) is 10.5. The third kappa shape index (κ3) is 5.70. The molecule has 0 aliphatic heterocycles. The van der Waals surface area contributed by atoms with Gasteiger partial charge in [-0.05, 0) is 55.5 Å². The van der Waals surface area contributed by atoms with E-state index in [4.69, 9.17) is 9.47 Å². The summed E-state index contributed by atoms with van der Waals surface area (Å²) >= 11 is 0. The highest BCUT2D eigenvalue weighted by Crippen LogP contribution is 2.30. The molecule has 12 heteroatoms. The number of methoxy groups -OCH3 is 1. The van der Waals surface area contributed by atoms with Crippen LogP contribution in [0.2, 0.25) is 0 Å². The lowest BCUT2D eigenvalue weighted by Gasteiger charge is -2.11. The van der Waals surface area contributed by atoms with E-state index in [0.29, 0.717) is 22.6 Å². The van der Waals surface area contributed by atoms with Crippen LogP contribution in [0, 0.1) is 10.1 Å². The zero-order chi connectivity index (χ0) is 23.8. The van der Waals surface area contributed by atoms with Gasteiger partial charge in [0.25, 0.3) is 5.91 Å². The van der Waals surface area contributed by atoms with Gasteiger partial charge in [-0.2, -0.15) is 0 Å². The lowest BCUT2D eigenvalue weighted by molar-refractivity contribution is -0.383. The maximum Gasteiger partial charge on any atom is 0.355 e. The number of hydrogen-bond donors (Lipinski definition) is 3. The van der Waals surface area contributed by atoms with E-state index in [9.17, 15) is 19.7 Å². The monoisotopic (exact) mass is 452 g/mol. The summed E-state index contributed by atoms with van der Waals surface area (Å²) in [6.07, 6.45) is 1.10. The molecule has 0 atom stereocenters. The van der Waals surface area contributed by atoms with Crippen molar-refractivity contribution in [1.29, 1.82) is 0 Å². The molecule has 0 aliphatic carbocycles. The van der Waals surface area contributed by atoms with E-state index in [1.807, 2.05) is 0 Å². The molecule has 0 bridgehead atoms. The molecule has 1 amide bonds. The predicted octanol–water partition coefficient (Wildman–Crippen LogP) is 3.07. The molecule has 3 aromatic rings. The number of rotatable bonds is 9. The number of hydrazine groups is 1. The first kappa shape index (κ1) is 22.9. The zero-order valence-corrected chi connectivity index (χ0v) is 17.7. The molecule has 0 fully saturated rings. The first-order valence-electron chi connectivity index (χ1n) is 9.67. The maximum atomic E-state index is 12.3. The van der Waals surface area contributed by atoms with E-state index in [1.54, 1.807) is 31.2 Å². The largest absolute Gasteiger partial charge is 0.497 e. The highest BCUT2D eigenvalue weighted by atomic mass is 16.6. The van der Waals surface area contributed by atoms with Gasteiger partial charge in [0.1, 0.15) is 12.1 Å². The van der Waals surface area contributed by atoms with Gasteiger partial charge >= 0.3 is 11.7 Å². The van der Waals surface area contributed by atoms with Gasteiger partial charge in [0.05, 0.1) is 24.2 Å². The third-order valence-electron chi connectivity index (χ3n) is 4.31. The van der Waals surface area contributed by atoms with Gasteiger partial charge in [-0.3, -0.25) is 25.8 Å². The van der Waals surface area contributed by atoms with Crippen molar-refractivity contribution in [3.05, 3.63) is 76.1 Å². The average Bonchev–Trinajstić information content (AvgIpc) is 2.83. The predicted molar refractivity (Wildman–Crippen MR) is 118 cm³/mol. The van der Waals surface area contributed by atoms with Crippen LogP contribution >= 0.6 is 0 Å². The maximum absolute atomic E-state index is 12.3. The number of carbonyl (C=O) groups is 2. The Hall–Kier alpha value is -4.74. The minimum atomic E-state index is -0.683. The summed E-state index contributed by atoms with van der Waals surface area (Å²) in [6.45, 7) is 1.95. The molecule has 1 heterocycles. The molecule has 0 unspecified atom stereocenters. The number of carbonyl (C=O) groups excluding carboxylic acids is 2. The van der Waals surface area contributed by atoms with Crippen LogP contribution in [-0.2, 0) is 4.74 Å². The van der Waals surface area contributed by atoms with Gasteiger partial charge in [-0.15, -0.1) is 0 Å². The Morgan fingerprint density at radius 3 is 2.24 bits per heavy atom. The van der Waals surface area contributed by atoms with E-state index in [0.717, 1.165) is 6.33 Å². The van der Waals surface area contributed by atoms with E-state index < -0.39 is 22.5 Å². The Bertz CT molecular complexity index is 1150. The third-order valence-corrected chi connectivity index (χ3v) is 4.31. The number of benzene rings is 2. The lowest BCUT2D eigenvalue weighted by Crippen LogP contribution is -2.30. The Balaban J connectivity index is 1.76. The molecule has 0 radical (unpaired) electrons. The van der Waals surface area contributed by atoms with Gasteiger partial charge in [-0.1, -0.05) is 0 Å². The second-order valence-corrected chi connectivity index (χ2v) is 6.41. The molecule has 3 rings (SSSR count). The second-order valence-electron chi connectivity index (χ2n) is 6.41. The van der Waals surface area contributed by atoms with Crippen molar-refractivity contribution >= 4 is 34.9 Å². The van der Waals surface area contributed by atoms with Crippen molar-refractivity contribution in [2.24, 2.45) is 0 Å². The molecule has 33 heavy (non-hydrogen) atoms. The quantitative estimate of drug-likeness (QED) is 0.250. The Morgan fingerprint density at radius 1 is 1.00 bits per heavy atom. The Kier molecular flexibility index (Phi) is 7.32. The number of nitrogens with one attached hydrogen (secondary N) is 3. The Morgan fingerprint density at radius 2 is 1.64 bits per heavy atom. The Labute approximate surface area is 188 Å². The fraction of sp³-hybridized carbons (Fsp3) is 0.143. The van der Waals surface area contributed by atoms with Gasteiger partial charge < -0.3 is 14.8 Å². The molecule has 12 nitrogen and oxygen atoms in total. The number of esters is 1. The van der Waals surface area contributed by atoms with Crippen LogP contribution in [0.5, 0.6) is 5.75 Å². The molecule has 3 N–H and O–H groups in total. The molecule has 0 aliphatic rings. The van der Waals surface area contributed by atoms with Crippen LogP contribution in [0.4, 0.5) is 23.0 Å². The van der Waals surface area contributed by atoms with E-state index in [2.05, 4.69) is 26.1 Å². The minimum Gasteiger partial charge on any atom is -0.497 e. The van der Waals surface area contributed by atoms with Gasteiger partial charge in [0.15, 0.2) is 0 Å². The summed E-state index contributed by atoms with van der Waals surface area (Å²) in [5.74, 6) is -0.759. The zero-order valence-electron chi connectivity index (χ0n) is 17.7. The van der Waals surface area contributed by atoms with Gasteiger partial charge in [-0.25, -0.2) is 14.8 Å². The van der Waals surface area contributed by atoms with Crippen molar-refractivity contribution < 1.29 is 24.0 Å². The highest BCUT2D eigenvalue weighted by molar-refractivity contribution is 5.95. The lowest BCUT2D eigenvalue weighted by atomic mass is 10.2. The van der Waals surface area contributed by atoms with Crippen molar-refractivity contribution in [2.45, 2.75) is 6.92 Å². The number of ether oxygens (including phenoxy) is 2. The first-order valence-corrected chi connectivity index (χ1v) is 9.67. The van der Waals surface area contributed by atoms with Crippen LogP contribution in [0.15, 0.2) is 54.9 Å². The van der Waals surface area contributed by atoms with E-state index >= 15 is 0 Å². The van der Waals surface area contributed by atoms with Crippen LogP contribution in [0.25, 0.3) is 0 Å². The number of amides is 1. The van der Waals surface area contributed by atoms with E-state index in [1.165, 1.54) is 31.4 Å². The standard InChI is InChI=1S/C21H20N6O6/c1-3-33-21(29)14-4-8-15(9-5-14)24-18-17(27(30)31)19(23-12-22-18)25-26-20(28)13-6-10-16(32-2)11-7-13/h4-12H,3H2,1-2H3,(H,26,28)(H2,22,23,24,25). The van der Waals surface area contributed by atoms with E-state index in [-0.39, 0.29) is 18.2 Å². The number of aromatic nitrogens is 2. The highest BCUT2D eigenvalue weighted by Gasteiger charge is 2.24. The number of anilines is 3. The summed E-state index contributed by atoms with van der Waals surface area (Å²) < 4.78 is 9.97. The molecule has 170 valence electrons. The fourth-order valence-corrected chi connectivity index (χ4v) is 2.71. The minimum absolute atomic E-state index is 0.111. The van der Waals surface area contributed by atoms with Crippen LogP contribution in [-0.4, -0.2) is 40.5 Å². The van der Waals surface area contributed by atoms with Crippen molar-refractivity contribution in [3.63, 3.8) is 0 Å². The molecule has 0 saturated carbocycles. The summed E-state index contributed by atoms with van der Waals surface area (Å²) in [7, 11) is 1.51. The van der Waals surface area contributed by atoms with Crippen LogP contribution in [0.3, 0.4) is 0 Å². The molecule has 1 aromatic heterocycles. The molecule has 0 spiro atoms. The topological polar surface area (TPSA) is 158 Å². The molecular formula is C21H20N6O6. The molecule has 2 aromatic carbocycles. The average molecular weight is 452 g/mol. The van der Waals surface area contributed by atoms with Crippen molar-refractivity contribution in [2.75, 3.05) is 24.5 Å². The summed E-state index contributed by atoms with van der Waals surface area (Å²) in [4.78, 5) is 42.9. The SMILES string of the molecule is CCOC(=O)c1ccc(Nc2ncnc(NNC(=O)c3ccc(OC)cc3)c2[N+](=O)[O-])cc1. The summed E-state index contributed by atoms with van der Waals surface area (Å²) in [5, 5.41) is 14.5. The summed E-state index contributed by atoms with van der Waals surface area (Å²) in [5.41, 5.74) is 5.43. The van der Waals surface area contributed by atoms with Crippen LogP contribution in [0.1, 0.15) is 27.6 Å². The molecule has 0 saturated heterocycles. The molecular weight excluding hydrogens is 432 g/mol. The number of nitro groups is 1. The van der Waals surface area contributed by atoms with Gasteiger partial charge in [0.2, 0.25) is 11.6 Å². The van der Waals surface area contributed by atoms with Crippen molar-refractivity contribution in [3.8, 4) is 5.75 Å². The van der Waals surface area contributed by atoms with Gasteiger partial charge in [0, 0.05) is 11.3 Å².